The van der Waals surface area contributed by atoms with E-state index in [0.717, 1.165) is 37.2 Å². The van der Waals surface area contributed by atoms with E-state index in [1.807, 2.05) is 73.0 Å². The Morgan fingerprint density at radius 3 is 2.09 bits per heavy atom. The van der Waals surface area contributed by atoms with E-state index in [-0.39, 0.29) is 23.6 Å². The van der Waals surface area contributed by atoms with Crippen LogP contribution in [0, 0.1) is 12.8 Å². The molecule has 2 aromatic rings. The van der Waals surface area contributed by atoms with E-state index >= 15 is 0 Å². The Kier molecular flexibility index (Phi) is 7.73. The van der Waals surface area contributed by atoms with Gasteiger partial charge in [0.25, 0.3) is 11.8 Å². The molecule has 2 fully saturated rings. The number of anilines is 2. The number of carbonyl (C=O) groups excluding carboxylic acids is 3. The number of nitrogens with zero attached hydrogens (tertiary/aromatic N) is 3. The third-order valence-corrected chi connectivity index (χ3v) is 6.70. The lowest BCUT2D eigenvalue weighted by Gasteiger charge is -2.37. The normalized spacial score (nSPS) is 16.1. The number of likely N-dealkylation sites (tertiary alicyclic amines) is 1. The predicted molar refractivity (Wildman–Crippen MR) is 139 cm³/mol. The maximum atomic E-state index is 13.4. The predicted octanol–water partition coefficient (Wildman–Crippen LogP) is 4.18. The smallest absolute Gasteiger partial charge is 0.256 e. The topological polar surface area (TPSA) is 73.0 Å². The van der Waals surface area contributed by atoms with Crippen LogP contribution in [-0.4, -0.2) is 66.8 Å². The van der Waals surface area contributed by atoms with Crippen molar-refractivity contribution in [1.29, 1.82) is 0 Å². The van der Waals surface area contributed by atoms with E-state index in [9.17, 15) is 14.4 Å². The molecule has 0 bridgehead atoms. The van der Waals surface area contributed by atoms with Crippen LogP contribution in [-0.2, 0) is 4.79 Å². The first kappa shape index (κ1) is 24.8. The molecule has 0 radical (unpaired) electrons. The molecule has 0 saturated carbocycles. The number of carbonyl (C=O) groups is 3. The van der Waals surface area contributed by atoms with E-state index in [2.05, 4.69) is 10.2 Å². The summed E-state index contributed by atoms with van der Waals surface area (Å²) in [5, 5.41) is 2.95. The van der Waals surface area contributed by atoms with Crippen molar-refractivity contribution in [3.8, 4) is 0 Å². The van der Waals surface area contributed by atoms with Crippen LogP contribution in [0.4, 0.5) is 11.4 Å². The van der Waals surface area contributed by atoms with Crippen LogP contribution >= 0.6 is 0 Å². The molecular formula is C28H36N4O3. The van der Waals surface area contributed by atoms with Gasteiger partial charge in [-0.1, -0.05) is 31.5 Å². The SMILES string of the molecule is Cc1ccc(C(=O)N2CCN(c3ccc(NC(=O)CC(C)C)cc3C(=O)N3CCCC3)CC2)cc1. The van der Waals surface area contributed by atoms with Crippen molar-refractivity contribution in [2.24, 2.45) is 5.92 Å². The molecule has 0 unspecified atom stereocenters. The third kappa shape index (κ3) is 6.02. The molecule has 2 saturated heterocycles. The van der Waals surface area contributed by atoms with Crippen LogP contribution in [0.5, 0.6) is 0 Å². The number of hydrogen-bond donors (Lipinski definition) is 1. The molecule has 0 aromatic heterocycles. The summed E-state index contributed by atoms with van der Waals surface area (Å²) in [6.07, 6.45) is 2.48. The number of aryl methyl sites for hydroxylation is 1. The minimum atomic E-state index is -0.0458. The Morgan fingerprint density at radius 1 is 0.829 bits per heavy atom. The van der Waals surface area contributed by atoms with E-state index in [1.165, 1.54) is 0 Å². The Labute approximate surface area is 208 Å². The molecule has 2 aliphatic heterocycles. The van der Waals surface area contributed by atoms with Gasteiger partial charge in [-0.3, -0.25) is 14.4 Å². The van der Waals surface area contributed by atoms with E-state index in [1.54, 1.807) is 0 Å². The summed E-state index contributed by atoms with van der Waals surface area (Å²) in [7, 11) is 0. The lowest BCUT2D eigenvalue weighted by molar-refractivity contribution is -0.116. The molecule has 7 nitrogen and oxygen atoms in total. The fourth-order valence-electron chi connectivity index (χ4n) is 4.76. The minimum Gasteiger partial charge on any atom is -0.367 e. The summed E-state index contributed by atoms with van der Waals surface area (Å²) in [5.41, 5.74) is 3.97. The second-order valence-corrected chi connectivity index (χ2v) is 10.0. The molecule has 1 N–H and O–H groups in total. The number of piperazine rings is 1. The van der Waals surface area contributed by atoms with Crippen molar-refractivity contribution in [3.63, 3.8) is 0 Å². The number of hydrogen-bond acceptors (Lipinski definition) is 4. The van der Waals surface area contributed by atoms with E-state index < -0.39 is 0 Å². The average molecular weight is 477 g/mol. The summed E-state index contributed by atoms with van der Waals surface area (Å²) in [4.78, 5) is 44.7. The molecule has 3 amide bonds. The van der Waals surface area contributed by atoms with Gasteiger partial charge in [-0.05, 0) is 56.0 Å². The number of nitrogens with one attached hydrogen (secondary N) is 1. The lowest BCUT2D eigenvalue weighted by Crippen LogP contribution is -2.49. The third-order valence-electron chi connectivity index (χ3n) is 6.70. The lowest BCUT2D eigenvalue weighted by atomic mass is 10.1. The Bertz CT molecular complexity index is 1070. The summed E-state index contributed by atoms with van der Waals surface area (Å²) >= 11 is 0. The Balaban J connectivity index is 1.50. The van der Waals surface area contributed by atoms with Crippen molar-refractivity contribution in [3.05, 3.63) is 59.2 Å². The largest absolute Gasteiger partial charge is 0.367 e. The second kappa shape index (κ2) is 10.9. The molecule has 2 aliphatic rings. The van der Waals surface area contributed by atoms with Gasteiger partial charge >= 0.3 is 0 Å². The number of benzene rings is 2. The van der Waals surface area contributed by atoms with Crippen molar-refractivity contribution in [2.45, 2.75) is 40.0 Å². The van der Waals surface area contributed by atoms with Gasteiger partial charge in [0.05, 0.1) is 5.56 Å². The molecule has 0 spiro atoms. The van der Waals surface area contributed by atoms with Gasteiger partial charge in [-0.15, -0.1) is 0 Å². The first-order chi connectivity index (χ1) is 16.8. The van der Waals surface area contributed by atoms with Crippen LogP contribution in [0.25, 0.3) is 0 Å². The van der Waals surface area contributed by atoms with Crippen molar-refractivity contribution >= 4 is 29.1 Å². The fourth-order valence-corrected chi connectivity index (χ4v) is 4.76. The van der Waals surface area contributed by atoms with Crippen LogP contribution in [0.3, 0.4) is 0 Å². The van der Waals surface area contributed by atoms with Gasteiger partial charge in [0.1, 0.15) is 0 Å². The van der Waals surface area contributed by atoms with E-state index in [0.29, 0.717) is 49.4 Å². The molecule has 0 aliphatic carbocycles. The Hall–Kier alpha value is -3.35. The summed E-state index contributed by atoms with van der Waals surface area (Å²) in [6, 6.07) is 13.3. The van der Waals surface area contributed by atoms with Gasteiger partial charge in [0.2, 0.25) is 5.91 Å². The Morgan fingerprint density at radius 2 is 1.46 bits per heavy atom. The molecule has 2 aromatic carbocycles. The molecule has 0 atom stereocenters. The first-order valence-corrected chi connectivity index (χ1v) is 12.7. The zero-order chi connectivity index (χ0) is 24.9. The molecule has 4 rings (SSSR count). The zero-order valence-corrected chi connectivity index (χ0v) is 21.0. The summed E-state index contributed by atoms with van der Waals surface area (Å²) < 4.78 is 0. The molecule has 7 heteroatoms. The van der Waals surface area contributed by atoms with Crippen molar-refractivity contribution < 1.29 is 14.4 Å². The maximum absolute atomic E-state index is 13.4. The maximum Gasteiger partial charge on any atom is 0.256 e. The van der Waals surface area contributed by atoms with Crippen LogP contribution in [0.15, 0.2) is 42.5 Å². The monoisotopic (exact) mass is 476 g/mol. The van der Waals surface area contributed by atoms with Gasteiger partial charge in [0.15, 0.2) is 0 Å². The summed E-state index contributed by atoms with van der Waals surface area (Å²) in [5.74, 6) is 0.270. The minimum absolute atomic E-state index is 0.00983. The quantitative estimate of drug-likeness (QED) is 0.679. The van der Waals surface area contributed by atoms with Gasteiger partial charge in [-0.2, -0.15) is 0 Å². The van der Waals surface area contributed by atoms with Gasteiger partial charge in [0, 0.05) is 62.6 Å². The number of rotatable bonds is 6. The van der Waals surface area contributed by atoms with Gasteiger partial charge < -0.3 is 20.0 Å². The molecule has 35 heavy (non-hydrogen) atoms. The molecule has 2 heterocycles. The average Bonchev–Trinajstić information content (AvgIpc) is 3.38. The van der Waals surface area contributed by atoms with Crippen LogP contribution < -0.4 is 10.2 Å². The van der Waals surface area contributed by atoms with Crippen LogP contribution in [0.2, 0.25) is 0 Å². The highest BCUT2D eigenvalue weighted by molar-refractivity contribution is 6.02. The van der Waals surface area contributed by atoms with E-state index in [4.69, 9.17) is 0 Å². The fraction of sp³-hybridized carbons (Fsp3) is 0.464. The molecule has 186 valence electrons. The van der Waals surface area contributed by atoms with Crippen LogP contribution in [0.1, 0.15) is 59.4 Å². The summed E-state index contributed by atoms with van der Waals surface area (Å²) in [6.45, 7) is 10.0. The highest BCUT2D eigenvalue weighted by Gasteiger charge is 2.28. The van der Waals surface area contributed by atoms with Gasteiger partial charge in [-0.25, -0.2) is 0 Å². The highest BCUT2D eigenvalue weighted by Crippen LogP contribution is 2.28. The first-order valence-electron chi connectivity index (χ1n) is 12.7. The standard InChI is InChI=1S/C28H36N4O3/c1-20(2)18-26(33)29-23-10-11-25(24(19-23)28(35)31-12-4-5-13-31)30-14-16-32(17-15-30)27(34)22-8-6-21(3)7-9-22/h6-11,19-20H,4-5,12-18H2,1-3H3,(H,29,33). The second-order valence-electron chi connectivity index (χ2n) is 10.0. The molecular weight excluding hydrogens is 440 g/mol. The van der Waals surface area contributed by atoms with Crippen molar-refractivity contribution in [2.75, 3.05) is 49.5 Å². The highest BCUT2D eigenvalue weighted by atomic mass is 16.2. The number of amides is 3. The zero-order valence-electron chi connectivity index (χ0n) is 21.0. The van der Waals surface area contributed by atoms with Crippen molar-refractivity contribution in [1.82, 2.24) is 9.80 Å².